The van der Waals surface area contributed by atoms with Crippen molar-refractivity contribution in [2.75, 3.05) is 24.2 Å². The zero-order chi connectivity index (χ0) is 13.0. The average Bonchev–Trinajstić information content (AvgIpc) is 2.38. The summed E-state index contributed by atoms with van der Waals surface area (Å²) < 4.78 is 13.5. The van der Waals surface area contributed by atoms with Gasteiger partial charge in [-0.3, -0.25) is 0 Å². The van der Waals surface area contributed by atoms with Gasteiger partial charge in [-0.05, 0) is 30.2 Å². The number of likely N-dealkylation sites (N-methyl/N-ethyl adjacent to an activating group) is 1. The summed E-state index contributed by atoms with van der Waals surface area (Å²) in [4.78, 5) is 2.04. The Labute approximate surface area is 107 Å². The molecule has 0 aliphatic heterocycles. The van der Waals surface area contributed by atoms with Gasteiger partial charge in [0.05, 0.1) is 11.4 Å². The number of nitrogen functional groups attached to an aromatic ring is 1. The fourth-order valence-corrected chi connectivity index (χ4v) is 1.94. The minimum absolute atomic E-state index is 0.146. The summed E-state index contributed by atoms with van der Waals surface area (Å²) >= 11 is 0. The lowest BCUT2D eigenvalue weighted by atomic mass is 10.1. The van der Waals surface area contributed by atoms with E-state index in [-0.39, 0.29) is 5.82 Å². The van der Waals surface area contributed by atoms with E-state index in [2.05, 4.69) is 0 Å². The second kappa shape index (κ2) is 5.54. The van der Waals surface area contributed by atoms with E-state index in [0.29, 0.717) is 6.42 Å². The molecule has 94 valence electrons. The maximum Gasteiger partial charge on any atom is 0.126 e. The van der Waals surface area contributed by atoms with Crippen molar-refractivity contribution in [1.29, 1.82) is 0 Å². The fraction of sp³-hybridized carbons (Fsp3) is 0.200. The van der Waals surface area contributed by atoms with Crippen molar-refractivity contribution in [1.82, 2.24) is 0 Å². The van der Waals surface area contributed by atoms with Crippen LogP contribution in [0, 0.1) is 5.82 Å². The van der Waals surface area contributed by atoms with Gasteiger partial charge in [0, 0.05) is 13.6 Å². The van der Waals surface area contributed by atoms with Crippen LogP contribution in [0.1, 0.15) is 5.56 Å². The molecule has 0 radical (unpaired) electrons. The van der Waals surface area contributed by atoms with Gasteiger partial charge in [0.1, 0.15) is 5.82 Å². The number of nitrogens with two attached hydrogens (primary N) is 1. The molecule has 0 aromatic heterocycles. The molecule has 2 N–H and O–H groups in total. The van der Waals surface area contributed by atoms with Gasteiger partial charge in [0.2, 0.25) is 0 Å². The number of para-hydroxylation sites is 2. The van der Waals surface area contributed by atoms with E-state index in [4.69, 9.17) is 5.73 Å². The highest BCUT2D eigenvalue weighted by Crippen LogP contribution is 2.21. The van der Waals surface area contributed by atoms with Crippen molar-refractivity contribution in [2.45, 2.75) is 6.42 Å². The van der Waals surface area contributed by atoms with E-state index in [1.807, 2.05) is 48.3 Å². The van der Waals surface area contributed by atoms with Gasteiger partial charge in [-0.25, -0.2) is 4.39 Å². The van der Waals surface area contributed by atoms with Gasteiger partial charge in [0.15, 0.2) is 0 Å². The number of benzene rings is 2. The van der Waals surface area contributed by atoms with Crippen LogP contribution in [0.15, 0.2) is 48.5 Å². The molecule has 0 fully saturated rings. The molecule has 2 rings (SSSR count). The highest BCUT2D eigenvalue weighted by molar-refractivity contribution is 5.66. The maximum absolute atomic E-state index is 13.5. The molecule has 0 aliphatic rings. The Balaban J connectivity index is 2.03. The molecule has 2 aromatic carbocycles. The number of hydrogen-bond donors (Lipinski definition) is 1. The molecule has 0 spiro atoms. The molecule has 0 atom stereocenters. The Bertz CT molecular complexity index is 525. The quantitative estimate of drug-likeness (QED) is 0.837. The number of rotatable bonds is 4. The average molecular weight is 244 g/mol. The van der Waals surface area contributed by atoms with E-state index in [1.54, 1.807) is 6.07 Å². The SMILES string of the molecule is CN(CCc1ccccc1F)c1ccccc1N. The molecule has 0 heterocycles. The van der Waals surface area contributed by atoms with Crippen molar-refractivity contribution >= 4 is 11.4 Å². The number of halogens is 1. The largest absolute Gasteiger partial charge is 0.397 e. The van der Waals surface area contributed by atoms with Crippen LogP contribution in [0.5, 0.6) is 0 Å². The maximum atomic E-state index is 13.5. The van der Waals surface area contributed by atoms with E-state index in [1.165, 1.54) is 6.07 Å². The van der Waals surface area contributed by atoms with Crippen LogP contribution in [0.2, 0.25) is 0 Å². The van der Waals surface area contributed by atoms with Crippen molar-refractivity contribution in [2.24, 2.45) is 0 Å². The lowest BCUT2D eigenvalue weighted by molar-refractivity contribution is 0.608. The monoisotopic (exact) mass is 244 g/mol. The number of nitrogens with zero attached hydrogens (tertiary/aromatic N) is 1. The summed E-state index contributed by atoms with van der Waals surface area (Å²) in [6, 6.07) is 14.6. The van der Waals surface area contributed by atoms with Gasteiger partial charge in [-0.15, -0.1) is 0 Å². The van der Waals surface area contributed by atoms with Crippen molar-refractivity contribution in [3.05, 3.63) is 59.9 Å². The highest BCUT2D eigenvalue weighted by atomic mass is 19.1. The molecule has 0 aliphatic carbocycles. The predicted octanol–water partition coefficient (Wildman–Crippen LogP) is 3.09. The second-order valence-electron chi connectivity index (χ2n) is 4.32. The van der Waals surface area contributed by atoms with Crippen LogP contribution in [0.25, 0.3) is 0 Å². The zero-order valence-corrected chi connectivity index (χ0v) is 10.4. The van der Waals surface area contributed by atoms with Crippen molar-refractivity contribution < 1.29 is 4.39 Å². The van der Waals surface area contributed by atoms with Crippen molar-refractivity contribution in [3.63, 3.8) is 0 Å². The van der Waals surface area contributed by atoms with Crippen LogP contribution in [-0.2, 0) is 6.42 Å². The minimum atomic E-state index is -0.146. The minimum Gasteiger partial charge on any atom is -0.397 e. The predicted molar refractivity (Wildman–Crippen MR) is 74.2 cm³/mol. The lowest BCUT2D eigenvalue weighted by Crippen LogP contribution is -2.21. The summed E-state index contributed by atoms with van der Waals surface area (Å²) in [6.45, 7) is 0.731. The van der Waals surface area contributed by atoms with E-state index < -0.39 is 0 Å². The van der Waals surface area contributed by atoms with Crippen LogP contribution < -0.4 is 10.6 Å². The molecule has 0 saturated carbocycles. The smallest absolute Gasteiger partial charge is 0.126 e. The topological polar surface area (TPSA) is 29.3 Å². The third-order valence-corrected chi connectivity index (χ3v) is 3.02. The molecule has 2 nitrogen and oxygen atoms in total. The van der Waals surface area contributed by atoms with Crippen LogP contribution in [0.3, 0.4) is 0 Å². The van der Waals surface area contributed by atoms with Gasteiger partial charge >= 0.3 is 0 Å². The molecule has 0 unspecified atom stereocenters. The highest BCUT2D eigenvalue weighted by Gasteiger charge is 2.06. The molecule has 0 bridgehead atoms. The Morgan fingerprint density at radius 1 is 1.06 bits per heavy atom. The Morgan fingerprint density at radius 3 is 2.44 bits per heavy atom. The third kappa shape index (κ3) is 2.80. The first-order valence-electron chi connectivity index (χ1n) is 5.97. The fourth-order valence-electron chi connectivity index (χ4n) is 1.94. The Morgan fingerprint density at radius 2 is 1.72 bits per heavy atom. The van der Waals surface area contributed by atoms with Gasteiger partial charge in [-0.1, -0.05) is 30.3 Å². The summed E-state index contributed by atoms with van der Waals surface area (Å²) in [5, 5.41) is 0. The molecule has 0 amide bonds. The first-order chi connectivity index (χ1) is 8.68. The van der Waals surface area contributed by atoms with Crippen LogP contribution >= 0.6 is 0 Å². The van der Waals surface area contributed by atoms with E-state index in [9.17, 15) is 4.39 Å². The number of anilines is 2. The second-order valence-corrected chi connectivity index (χ2v) is 4.32. The molecular weight excluding hydrogens is 227 g/mol. The molecule has 18 heavy (non-hydrogen) atoms. The summed E-state index contributed by atoms with van der Waals surface area (Å²) in [5.74, 6) is -0.146. The van der Waals surface area contributed by atoms with E-state index >= 15 is 0 Å². The van der Waals surface area contributed by atoms with Crippen molar-refractivity contribution in [3.8, 4) is 0 Å². The zero-order valence-electron chi connectivity index (χ0n) is 10.4. The van der Waals surface area contributed by atoms with Gasteiger partial charge < -0.3 is 10.6 Å². The van der Waals surface area contributed by atoms with Crippen LogP contribution in [0.4, 0.5) is 15.8 Å². The molecule has 3 heteroatoms. The summed E-state index contributed by atoms with van der Waals surface area (Å²) in [7, 11) is 1.96. The molecular formula is C15H17FN2. The molecule has 0 saturated heterocycles. The van der Waals surface area contributed by atoms with Crippen LogP contribution in [-0.4, -0.2) is 13.6 Å². The van der Waals surface area contributed by atoms with Gasteiger partial charge in [-0.2, -0.15) is 0 Å². The first-order valence-corrected chi connectivity index (χ1v) is 5.97. The summed E-state index contributed by atoms with van der Waals surface area (Å²) in [5.41, 5.74) is 8.36. The Hall–Kier alpha value is -2.03. The van der Waals surface area contributed by atoms with E-state index in [0.717, 1.165) is 23.5 Å². The number of hydrogen-bond acceptors (Lipinski definition) is 2. The van der Waals surface area contributed by atoms with Gasteiger partial charge in [0.25, 0.3) is 0 Å². The third-order valence-electron chi connectivity index (χ3n) is 3.02. The molecule has 2 aromatic rings. The summed E-state index contributed by atoms with van der Waals surface area (Å²) in [6.07, 6.45) is 0.664. The standard InChI is InChI=1S/C15H17FN2/c1-18(15-9-5-4-8-14(15)17)11-10-12-6-2-3-7-13(12)16/h2-9H,10-11,17H2,1H3. The normalized spacial score (nSPS) is 10.3. The Kier molecular flexibility index (Phi) is 3.82. The first kappa shape index (κ1) is 12.4. The lowest BCUT2D eigenvalue weighted by Gasteiger charge is -2.21.